The van der Waals surface area contributed by atoms with E-state index in [1.54, 1.807) is 6.08 Å². The lowest BCUT2D eigenvalue weighted by Crippen LogP contribution is -1.73. The largest absolute Gasteiger partial charge is 0.120 e. The first-order chi connectivity index (χ1) is 4.31. The molecule has 0 amide bonds. The van der Waals surface area contributed by atoms with E-state index >= 15 is 0 Å². The van der Waals surface area contributed by atoms with Gasteiger partial charge in [-0.2, -0.15) is 0 Å². The summed E-state index contributed by atoms with van der Waals surface area (Å²) in [4.78, 5) is 0. The highest BCUT2D eigenvalue weighted by Crippen LogP contribution is 2.00. The van der Waals surface area contributed by atoms with Gasteiger partial charge in [-0.3, -0.25) is 0 Å². The Balaban J connectivity index is 3.56. The number of hydrogen-bond donors (Lipinski definition) is 0. The lowest BCUT2D eigenvalue weighted by atomic mass is 10.1. The molecule has 0 aromatic carbocycles. The van der Waals surface area contributed by atoms with Crippen LogP contribution in [0.4, 0.5) is 0 Å². The van der Waals surface area contributed by atoms with Crippen molar-refractivity contribution in [2.75, 3.05) is 0 Å². The van der Waals surface area contributed by atoms with Crippen molar-refractivity contribution >= 4 is 0 Å². The standard InChI is InChI=1S/C9H10/c1-4-6-8-9(3)7-5-2/h1-2,7H,6,8H2,3H3. The van der Waals surface area contributed by atoms with Crippen molar-refractivity contribution in [2.24, 2.45) is 0 Å². The van der Waals surface area contributed by atoms with Gasteiger partial charge in [0.1, 0.15) is 0 Å². The van der Waals surface area contributed by atoms with Crippen molar-refractivity contribution in [1.82, 2.24) is 0 Å². The molecule has 0 saturated heterocycles. The monoisotopic (exact) mass is 118 g/mol. The van der Waals surface area contributed by atoms with Gasteiger partial charge in [-0.15, -0.1) is 18.8 Å². The van der Waals surface area contributed by atoms with E-state index in [9.17, 15) is 0 Å². The van der Waals surface area contributed by atoms with Crippen LogP contribution >= 0.6 is 0 Å². The smallest absolute Gasteiger partial charge is 0.0123 e. The third-order valence-corrected chi connectivity index (χ3v) is 0.993. The SMILES string of the molecule is C#CC=C(C)CCC#C. The molecule has 0 aliphatic rings. The Hall–Kier alpha value is -1.14. The van der Waals surface area contributed by atoms with Crippen molar-refractivity contribution in [3.05, 3.63) is 11.6 Å². The Morgan fingerprint density at radius 3 is 2.67 bits per heavy atom. The van der Waals surface area contributed by atoms with Crippen LogP contribution in [-0.4, -0.2) is 0 Å². The van der Waals surface area contributed by atoms with Crippen LogP contribution in [0, 0.1) is 24.7 Å². The number of allylic oxidation sites excluding steroid dienone is 2. The van der Waals surface area contributed by atoms with Gasteiger partial charge >= 0.3 is 0 Å². The summed E-state index contributed by atoms with van der Waals surface area (Å²) in [5, 5.41) is 0. The van der Waals surface area contributed by atoms with Crippen molar-refractivity contribution < 1.29 is 0 Å². The predicted octanol–water partition coefficient (Wildman–Crippen LogP) is 1.98. The van der Waals surface area contributed by atoms with Gasteiger partial charge in [-0.1, -0.05) is 11.5 Å². The Labute approximate surface area is 57.0 Å². The third kappa shape index (κ3) is 4.72. The molecule has 0 rings (SSSR count). The first kappa shape index (κ1) is 7.86. The minimum atomic E-state index is 0.782. The second kappa shape index (κ2) is 5.01. The topological polar surface area (TPSA) is 0 Å². The van der Waals surface area contributed by atoms with E-state index in [4.69, 9.17) is 12.8 Å². The van der Waals surface area contributed by atoms with Crippen LogP contribution in [-0.2, 0) is 0 Å². The molecule has 0 atom stereocenters. The summed E-state index contributed by atoms with van der Waals surface area (Å²) in [5.41, 5.74) is 1.18. The maximum Gasteiger partial charge on any atom is 0.0123 e. The molecule has 46 valence electrons. The van der Waals surface area contributed by atoms with Crippen LogP contribution < -0.4 is 0 Å². The first-order valence-corrected chi connectivity index (χ1v) is 2.86. The van der Waals surface area contributed by atoms with Crippen molar-refractivity contribution in [3.63, 3.8) is 0 Å². The van der Waals surface area contributed by atoms with Gasteiger partial charge in [-0.05, 0) is 19.4 Å². The molecule has 0 fully saturated rings. The molecule has 0 aromatic rings. The maximum atomic E-state index is 5.04. The molecule has 0 heteroatoms. The summed E-state index contributed by atoms with van der Waals surface area (Å²) in [7, 11) is 0. The van der Waals surface area contributed by atoms with E-state index in [0.29, 0.717) is 0 Å². The van der Waals surface area contributed by atoms with E-state index < -0.39 is 0 Å². The van der Waals surface area contributed by atoms with Gasteiger partial charge in [0, 0.05) is 6.42 Å². The normalized spacial score (nSPS) is 9.89. The van der Waals surface area contributed by atoms with Gasteiger partial charge in [0.2, 0.25) is 0 Å². The molecule has 0 radical (unpaired) electrons. The fourth-order valence-electron chi connectivity index (χ4n) is 0.484. The average Bonchev–Trinajstić information content (AvgIpc) is 1.85. The first-order valence-electron chi connectivity index (χ1n) is 2.86. The van der Waals surface area contributed by atoms with Gasteiger partial charge in [0.15, 0.2) is 0 Å². The van der Waals surface area contributed by atoms with Crippen LogP contribution in [0.3, 0.4) is 0 Å². The fraction of sp³-hybridized carbons (Fsp3) is 0.333. The van der Waals surface area contributed by atoms with E-state index in [0.717, 1.165) is 12.8 Å². The summed E-state index contributed by atoms with van der Waals surface area (Å²) in [6, 6.07) is 0. The molecule has 0 aliphatic carbocycles. The zero-order chi connectivity index (χ0) is 7.11. The van der Waals surface area contributed by atoms with Crippen molar-refractivity contribution in [2.45, 2.75) is 19.8 Å². The van der Waals surface area contributed by atoms with Gasteiger partial charge in [0.25, 0.3) is 0 Å². The minimum Gasteiger partial charge on any atom is -0.120 e. The Bertz CT molecular complexity index is 171. The Morgan fingerprint density at radius 2 is 2.22 bits per heavy atom. The molecule has 0 aromatic heterocycles. The van der Waals surface area contributed by atoms with E-state index in [-0.39, 0.29) is 0 Å². The minimum absolute atomic E-state index is 0.782. The molecule has 0 unspecified atom stereocenters. The molecule has 0 N–H and O–H groups in total. The fourth-order valence-corrected chi connectivity index (χ4v) is 0.484. The predicted molar refractivity (Wildman–Crippen MR) is 40.7 cm³/mol. The quantitative estimate of drug-likeness (QED) is 0.486. The average molecular weight is 118 g/mol. The zero-order valence-corrected chi connectivity index (χ0v) is 5.65. The summed E-state index contributed by atoms with van der Waals surface area (Å²) < 4.78 is 0. The zero-order valence-electron chi connectivity index (χ0n) is 5.65. The number of terminal acetylenes is 2. The van der Waals surface area contributed by atoms with Gasteiger partial charge in [0.05, 0.1) is 0 Å². The molecule has 0 bridgehead atoms. The molecule has 9 heavy (non-hydrogen) atoms. The van der Waals surface area contributed by atoms with Crippen LogP contribution in [0.15, 0.2) is 11.6 Å². The Morgan fingerprint density at radius 1 is 1.56 bits per heavy atom. The molecular weight excluding hydrogens is 108 g/mol. The summed E-state index contributed by atoms with van der Waals surface area (Å²) in [6.45, 7) is 1.98. The molecule has 0 spiro atoms. The van der Waals surface area contributed by atoms with Crippen molar-refractivity contribution in [3.8, 4) is 24.7 Å². The summed E-state index contributed by atoms with van der Waals surface area (Å²) in [6.07, 6.45) is 13.5. The highest BCUT2D eigenvalue weighted by molar-refractivity contribution is 5.16. The molecule has 0 aliphatic heterocycles. The second-order valence-electron chi connectivity index (χ2n) is 1.86. The highest BCUT2D eigenvalue weighted by Gasteiger charge is 1.83. The number of rotatable bonds is 2. The van der Waals surface area contributed by atoms with E-state index in [1.807, 2.05) is 6.92 Å². The molecule has 0 nitrogen and oxygen atoms in total. The van der Waals surface area contributed by atoms with Crippen LogP contribution in [0.5, 0.6) is 0 Å². The summed E-state index contributed by atoms with van der Waals surface area (Å²) in [5.74, 6) is 4.99. The molecule has 0 saturated carbocycles. The van der Waals surface area contributed by atoms with Crippen molar-refractivity contribution in [1.29, 1.82) is 0 Å². The maximum absolute atomic E-state index is 5.04. The van der Waals surface area contributed by atoms with Crippen LogP contribution in [0.2, 0.25) is 0 Å². The highest BCUT2D eigenvalue weighted by atomic mass is 13.9. The van der Waals surface area contributed by atoms with E-state index in [1.165, 1.54) is 5.57 Å². The lowest BCUT2D eigenvalue weighted by Gasteiger charge is -1.90. The third-order valence-electron chi connectivity index (χ3n) is 0.993. The second-order valence-corrected chi connectivity index (χ2v) is 1.86. The molecule has 0 heterocycles. The van der Waals surface area contributed by atoms with E-state index in [2.05, 4.69) is 11.8 Å². The Kier molecular flexibility index (Phi) is 4.37. The summed E-state index contributed by atoms with van der Waals surface area (Å²) >= 11 is 0. The number of hydrogen-bond acceptors (Lipinski definition) is 0. The van der Waals surface area contributed by atoms with Gasteiger partial charge in [-0.25, -0.2) is 0 Å². The van der Waals surface area contributed by atoms with Crippen LogP contribution in [0.25, 0.3) is 0 Å². The van der Waals surface area contributed by atoms with Gasteiger partial charge < -0.3 is 0 Å². The lowest BCUT2D eigenvalue weighted by molar-refractivity contribution is 1.00. The van der Waals surface area contributed by atoms with Crippen LogP contribution in [0.1, 0.15) is 19.8 Å². The molecular formula is C9H10.